The van der Waals surface area contributed by atoms with Gasteiger partial charge in [-0.05, 0) is 25.9 Å². The van der Waals surface area contributed by atoms with E-state index in [4.69, 9.17) is 4.74 Å². The van der Waals surface area contributed by atoms with E-state index < -0.39 is 0 Å². The Bertz CT molecular complexity index is 206. The zero-order valence-corrected chi connectivity index (χ0v) is 8.01. The predicted molar refractivity (Wildman–Crippen MR) is 48.4 cm³/mol. The van der Waals surface area contributed by atoms with Crippen molar-refractivity contribution in [2.24, 2.45) is 0 Å². The highest BCUT2D eigenvalue weighted by molar-refractivity contribution is 5.78. The molecule has 0 aromatic carbocycles. The largest absolute Gasteiger partial charge is 0.369 e. The van der Waals surface area contributed by atoms with Crippen LogP contribution in [0.25, 0.3) is 0 Å². The van der Waals surface area contributed by atoms with Gasteiger partial charge in [0.2, 0.25) is 5.91 Å². The first kappa shape index (κ1) is 8.97. The van der Waals surface area contributed by atoms with E-state index >= 15 is 0 Å². The van der Waals surface area contributed by atoms with Gasteiger partial charge in [0.05, 0.1) is 12.1 Å². The van der Waals surface area contributed by atoms with E-state index in [1.807, 2.05) is 11.9 Å². The number of rotatable bonds is 0. The first-order valence-corrected chi connectivity index (χ1v) is 4.80. The standard InChI is InChI=1S/C9H16N2O2/c1-11-8(12)6-13-7-9(11)2-4-10-5-3-9/h10H,2-7H2,1H3. The second-order valence-electron chi connectivity index (χ2n) is 3.92. The fourth-order valence-corrected chi connectivity index (χ4v) is 2.16. The minimum atomic E-state index is -0.0133. The van der Waals surface area contributed by atoms with Crippen molar-refractivity contribution < 1.29 is 9.53 Å². The maximum absolute atomic E-state index is 11.4. The monoisotopic (exact) mass is 184 g/mol. The number of carbonyl (C=O) groups excluding carboxylic acids is 1. The van der Waals surface area contributed by atoms with Crippen LogP contribution < -0.4 is 5.32 Å². The maximum Gasteiger partial charge on any atom is 0.248 e. The number of ether oxygens (including phenoxy) is 1. The fraction of sp³-hybridized carbons (Fsp3) is 0.889. The lowest BCUT2D eigenvalue weighted by Crippen LogP contribution is -2.61. The highest BCUT2D eigenvalue weighted by Crippen LogP contribution is 2.28. The van der Waals surface area contributed by atoms with Gasteiger partial charge in [-0.25, -0.2) is 0 Å². The zero-order chi connectivity index (χ0) is 9.31. The molecule has 1 spiro atoms. The minimum absolute atomic E-state index is 0.0133. The number of hydrogen-bond donors (Lipinski definition) is 1. The molecule has 0 bridgehead atoms. The Balaban J connectivity index is 2.13. The number of piperidine rings is 1. The summed E-state index contributed by atoms with van der Waals surface area (Å²) in [6, 6.07) is 0. The molecule has 2 saturated heterocycles. The molecule has 0 saturated carbocycles. The van der Waals surface area contributed by atoms with Gasteiger partial charge in [-0.2, -0.15) is 0 Å². The van der Waals surface area contributed by atoms with Crippen LogP contribution in [0.3, 0.4) is 0 Å². The zero-order valence-electron chi connectivity index (χ0n) is 8.01. The van der Waals surface area contributed by atoms with Crippen LogP contribution in [0.2, 0.25) is 0 Å². The molecule has 4 nitrogen and oxygen atoms in total. The summed E-state index contributed by atoms with van der Waals surface area (Å²) in [6.45, 7) is 2.94. The van der Waals surface area contributed by atoms with E-state index in [0.29, 0.717) is 6.61 Å². The van der Waals surface area contributed by atoms with Gasteiger partial charge in [-0.3, -0.25) is 4.79 Å². The Hall–Kier alpha value is -0.610. The van der Waals surface area contributed by atoms with Gasteiger partial charge in [-0.15, -0.1) is 0 Å². The van der Waals surface area contributed by atoms with Crippen LogP contribution >= 0.6 is 0 Å². The minimum Gasteiger partial charge on any atom is -0.369 e. The van der Waals surface area contributed by atoms with Crippen LogP contribution in [0.4, 0.5) is 0 Å². The van der Waals surface area contributed by atoms with Crippen molar-refractivity contribution in [2.75, 3.05) is 33.4 Å². The molecule has 0 radical (unpaired) electrons. The van der Waals surface area contributed by atoms with E-state index in [1.54, 1.807) is 0 Å². The highest BCUT2D eigenvalue weighted by atomic mass is 16.5. The molecular formula is C9H16N2O2. The third-order valence-electron chi connectivity index (χ3n) is 3.22. The molecular weight excluding hydrogens is 168 g/mol. The van der Waals surface area contributed by atoms with Crippen molar-refractivity contribution in [3.05, 3.63) is 0 Å². The first-order chi connectivity index (χ1) is 6.25. The lowest BCUT2D eigenvalue weighted by atomic mass is 9.86. The second kappa shape index (κ2) is 3.27. The van der Waals surface area contributed by atoms with Crippen molar-refractivity contribution in [3.8, 4) is 0 Å². The third kappa shape index (κ3) is 1.44. The molecule has 2 aliphatic rings. The van der Waals surface area contributed by atoms with E-state index in [-0.39, 0.29) is 18.1 Å². The first-order valence-electron chi connectivity index (χ1n) is 4.80. The van der Waals surface area contributed by atoms with Crippen LogP contribution in [-0.4, -0.2) is 49.7 Å². The van der Waals surface area contributed by atoms with Crippen molar-refractivity contribution in [2.45, 2.75) is 18.4 Å². The molecule has 2 aliphatic heterocycles. The second-order valence-corrected chi connectivity index (χ2v) is 3.92. The van der Waals surface area contributed by atoms with Crippen molar-refractivity contribution in [3.63, 3.8) is 0 Å². The topological polar surface area (TPSA) is 41.6 Å². The summed E-state index contributed by atoms with van der Waals surface area (Å²) >= 11 is 0. The molecule has 0 aliphatic carbocycles. The average Bonchev–Trinajstić information content (AvgIpc) is 2.16. The maximum atomic E-state index is 11.4. The summed E-state index contributed by atoms with van der Waals surface area (Å²) in [5.74, 6) is 0.119. The predicted octanol–water partition coefficient (Wildman–Crippen LogP) is -0.403. The number of morpholine rings is 1. The number of amides is 1. The molecule has 1 N–H and O–H groups in total. The van der Waals surface area contributed by atoms with E-state index in [0.717, 1.165) is 25.9 Å². The summed E-state index contributed by atoms with van der Waals surface area (Å²) in [6.07, 6.45) is 2.02. The average molecular weight is 184 g/mol. The number of carbonyl (C=O) groups is 1. The Kier molecular flexibility index (Phi) is 2.26. The molecule has 74 valence electrons. The lowest BCUT2D eigenvalue weighted by molar-refractivity contribution is -0.157. The van der Waals surface area contributed by atoms with Gasteiger partial charge in [0.1, 0.15) is 6.61 Å². The van der Waals surface area contributed by atoms with Crippen LogP contribution in [-0.2, 0) is 9.53 Å². The van der Waals surface area contributed by atoms with Crippen LogP contribution in [0, 0.1) is 0 Å². The van der Waals surface area contributed by atoms with Gasteiger partial charge in [-0.1, -0.05) is 0 Å². The number of nitrogens with one attached hydrogen (secondary N) is 1. The summed E-state index contributed by atoms with van der Waals surface area (Å²) < 4.78 is 5.33. The normalized spacial score (nSPS) is 28.1. The van der Waals surface area contributed by atoms with Crippen molar-refractivity contribution in [1.29, 1.82) is 0 Å². The van der Waals surface area contributed by atoms with Gasteiger partial charge < -0.3 is 15.0 Å². The number of likely N-dealkylation sites (N-methyl/N-ethyl adjacent to an activating group) is 1. The Morgan fingerprint density at radius 1 is 1.46 bits per heavy atom. The molecule has 2 rings (SSSR count). The van der Waals surface area contributed by atoms with Crippen LogP contribution in [0.15, 0.2) is 0 Å². The Labute approximate surface area is 78.2 Å². The van der Waals surface area contributed by atoms with Gasteiger partial charge in [0, 0.05) is 7.05 Å². The van der Waals surface area contributed by atoms with Crippen molar-refractivity contribution >= 4 is 5.91 Å². The lowest BCUT2D eigenvalue weighted by Gasteiger charge is -2.47. The molecule has 0 unspecified atom stereocenters. The van der Waals surface area contributed by atoms with Crippen LogP contribution in [0.1, 0.15) is 12.8 Å². The molecule has 2 fully saturated rings. The number of nitrogens with zero attached hydrogens (tertiary/aromatic N) is 1. The highest BCUT2D eigenvalue weighted by Gasteiger charge is 2.41. The summed E-state index contributed by atoms with van der Waals surface area (Å²) in [4.78, 5) is 13.3. The Morgan fingerprint density at radius 2 is 2.15 bits per heavy atom. The van der Waals surface area contributed by atoms with Gasteiger partial charge in [0.25, 0.3) is 0 Å². The molecule has 2 heterocycles. The van der Waals surface area contributed by atoms with E-state index in [9.17, 15) is 4.79 Å². The van der Waals surface area contributed by atoms with Crippen LogP contribution in [0.5, 0.6) is 0 Å². The van der Waals surface area contributed by atoms with E-state index in [1.165, 1.54) is 0 Å². The van der Waals surface area contributed by atoms with Crippen molar-refractivity contribution in [1.82, 2.24) is 10.2 Å². The quantitative estimate of drug-likeness (QED) is 0.557. The third-order valence-corrected chi connectivity index (χ3v) is 3.22. The molecule has 0 aromatic rings. The van der Waals surface area contributed by atoms with E-state index in [2.05, 4.69) is 5.32 Å². The van der Waals surface area contributed by atoms with Gasteiger partial charge in [0.15, 0.2) is 0 Å². The summed E-state index contributed by atoms with van der Waals surface area (Å²) in [5.41, 5.74) is -0.0133. The molecule has 13 heavy (non-hydrogen) atoms. The molecule has 0 aromatic heterocycles. The smallest absolute Gasteiger partial charge is 0.248 e. The number of hydrogen-bond acceptors (Lipinski definition) is 3. The SMILES string of the molecule is CN1C(=O)COCC12CCNCC2. The summed E-state index contributed by atoms with van der Waals surface area (Å²) in [5, 5.41) is 3.30. The summed E-state index contributed by atoms with van der Waals surface area (Å²) in [7, 11) is 1.90. The molecule has 1 amide bonds. The molecule has 4 heteroatoms. The molecule has 0 atom stereocenters. The van der Waals surface area contributed by atoms with Gasteiger partial charge >= 0.3 is 0 Å². The Morgan fingerprint density at radius 3 is 2.85 bits per heavy atom. The fourth-order valence-electron chi connectivity index (χ4n) is 2.16.